The Hall–Kier alpha value is -2.07. The van der Waals surface area contributed by atoms with E-state index in [0.717, 1.165) is 16.3 Å². The van der Waals surface area contributed by atoms with Gasteiger partial charge in [0.1, 0.15) is 24.3 Å². The zero-order chi connectivity index (χ0) is 14.7. The van der Waals surface area contributed by atoms with Gasteiger partial charge in [0.15, 0.2) is 0 Å². The van der Waals surface area contributed by atoms with Gasteiger partial charge in [-0.3, -0.25) is 0 Å². The van der Waals surface area contributed by atoms with Crippen molar-refractivity contribution in [2.75, 3.05) is 0 Å². The lowest BCUT2D eigenvalue weighted by atomic mass is 10.0. The van der Waals surface area contributed by atoms with Gasteiger partial charge in [-0.15, -0.1) is 11.3 Å². The van der Waals surface area contributed by atoms with E-state index in [0.29, 0.717) is 18.4 Å². The summed E-state index contributed by atoms with van der Waals surface area (Å²) >= 11 is 1.61. The lowest BCUT2D eigenvalue weighted by molar-refractivity contribution is 0.301. The van der Waals surface area contributed by atoms with Gasteiger partial charge in [0.25, 0.3) is 0 Å². The molecule has 0 amide bonds. The summed E-state index contributed by atoms with van der Waals surface area (Å²) < 4.78 is 11.2. The summed E-state index contributed by atoms with van der Waals surface area (Å²) in [6, 6.07) is 12.2. The Morgan fingerprint density at radius 1 is 1.19 bits per heavy atom. The number of aromatic nitrogens is 1. The molecule has 3 nitrogen and oxygen atoms in total. The third-order valence-corrected chi connectivity index (χ3v) is 4.08. The number of hydrogen-bond acceptors (Lipinski definition) is 4. The van der Waals surface area contributed by atoms with Gasteiger partial charge in [-0.25, -0.2) is 4.98 Å². The van der Waals surface area contributed by atoms with E-state index in [-0.39, 0.29) is 0 Å². The molecule has 1 aromatic carbocycles. The molecule has 0 N–H and O–H groups in total. The van der Waals surface area contributed by atoms with Crippen LogP contribution in [0.25, 0.3) is 10.8 Å². The van der Waals surface area contributed by atoms with E-state index in [9.17, 15) is 0 Å². The van der Waals surface area contributed by atoms with Crippen molar-refractivity contribution >= 4 is 11.3 Å². The molecule has 3 aromatic rings. The van der Waals surface area contributed by atoms with Gasteiger partial charge in [0, 0.05) is 0 Å². The first-order chi connectivity index (χ1) is 10.2. The quantitative estimate of drug-likeness (QED) is 0.657. The molecule has 3 rings (SSSR count). The fourth-order valence-corrected chi connectivity index (χ4v) is 2.65. The average Bonchev–Trinajstić information content (AvgIpc) is 3.16. The van der Waals surface area contributed by atoms with Crippen molar-refractivity contribution in [2.45, 2.75) is 26.4 Å². The van der Waals surface area contributed by atoms with Crippen LogP contribution in [0.15, 0.2) is 52.5 Å². The Morgan fingerprint density at radius 3 is 2.67 bits per heavy atom. The van der Waals surface area contributed by atoms with Crippen LogP contribution < -0.4 is 4.74 Å². The summed E-state index contributed by atoms with van der Waals surface area (Å²) in [6.45, 7) is 4.77. The van der Waals surface area contributed by atoms with Gasteiger partial charge in [-0.2, -0.15) is 0 Å². The Bertz CT molecular complexity index is 684. The monoisotopic (exact) mass is 299 g/mol. The van der Waals surface area contributed by atoms with E-state index in [1.54, 1.807) is 17.6 Å². The molecule has 0 aliphatic carbocycles. The predicted octanol–water partition coefficient (Wildman–Crippen LogP) is 5.11. The molecular weight excluding hydrogens is 282 g/mol. The second kappa shape index (κ2) is 6.14. The standard InChI is InChI=1S/C17H17NO2S/c1-12(2)13-5-7-15(8-6-13)19-10-14-11-20-17(18-14)16-4-3-9-21-16/h3-9,11-12H,10H2,1-2H3. The molecular formula is C17H17NO2S. The number of rotatable bonds is 5. The Labute approximate surface area is 128 Å². The smallest absolute Gasteiger partial charge is 0.236 e. The molecule has 0 saturated carbocycles. The van der Waals surface area contributed by atoms with E-state index in [2.05, 4.69) is 31.0 Å². The summed E-state index contributed by atoms with van der Waals surface area (Å²) in [5.74, 6) is 2.03. The van der Waals surface area contributed by atoms with Crippen LogP contribution >= 0.6 is 11.3 Å². The number of benzene rings is 1. The van der Waals surface area contributed by atoms with Crippen molar-refractivity contribution in [1.29, 1.82) is 0 Å². The van der Waals surface area contributed by atoms with Crippen LogP contribution in [-0.2, 0) is 6.61 Å². The van der Waals surface area contributed by atoms with Crippen LogP contribution in [0.1, 0.15) is 31.0 Å². The van der Waals surface area contributed by atoms with Gasteiger partial charge >= 0.3 is 0 Å². The highest BCUT2D eigenvalue weighted by atomic mass is 32.1. The minimum Gasteiger partial charge on any atom is -0.487 e. The zero-order valence-electron chi connectivity index (χ0n) is 12.1. The van der Waals surface area contributed by atoms with Crippen molar-refractivity contribution in [3.63, 3.8) is 0 Å². The van der Waals surface area contributed by atoms with E-state index < -0.39 is 0 Å². The second-order valence-electron chi connectivity index (χ2n) is 5.13. The highest BCUT2D eigenvalue weighted by Gasteiger charge is 2.08. The molecule has 0 aliphatic rings. The normalized spacial score (nSPS) is 11.0. The average molecular weight is 299 g/mol. The fourth-order valence-electron chi connectivity index (χ4n) is 1.99. The summed E-state index contributed by atoms with van der Waals surface area (Å²) in [4.78, 5) is 5.46. The summed E-state index contributed by atoms with van der Waals surface area (Å²) in [5.41, 5.74) is 2.11. The molecule has 2 aromatic heterocycles. The highest BCUT2D eigenvalue weighted by Crippen LogP contribution is 2.24. The Kier molecular flexibility index (Phi) is 4.06. The largest absolute Gasteiger partial charge is 0.487 e. The first-order valence-electron chi connectivity index (χ1n) is 6.93. The zero-order valence-corrected chi connectivity index (χ0v) is 12.9. The molecule has 0 saturated heterocycles. The van der Waals surface area contributed by atoms with Crippen LogP contribution in [0.3, 0.4) is 0 Å². The molecule has 108 valence electrons. The van der Waals surface area contributed by atoms with E-state index >= 15 is 0 Å². The Morgan fingerprint density at radius 2 is 2.00 bits per heavy atom. The highest BCUT2D eigenvalue weighted by molar-refractivity contribution is 7.13. The predicted molar refractivity (Wildman–Crippen MR) is 84.7 cm³/mol. The first kappa shape index (κ1) is 13.9. The van der Waals surface area contributed by atoms with E-state index in [1.807, 2.05) is 29.6 Å². The lowest BCUT2D eigenvalue weighted by Gasteiger charge is -2.07. The number of ether oxygens (including phenoxy) is 1. The number of thiophene rings is 1. The number of hydrogen-bond donors (Lipinski definition) is 0. The van der Waals surface area contributed by atoms with E-state index in [1.165, 1.54) is 5.56 Å². The molecule has 0 aliphatic heterocycles. The minimum atomic E-state index is 0.413. The summed E-state index contributed by atoms with van der Waals surface area (Å²) in [5, 5.41) is 2.01. The van der Waals surface area contributed by atoms with E-state index in [4.69, 9.17) is 9.15 Å². The maximum atomic E-state index is 5.74. The van der Waals surface area contributed by atoms with Gasteiger partial charge in [0.2, 0.25) is 5.89 Å². The maximum absolute atomic E-state index is 5.74. The molecule has 0 bridgehead atoms. The van der Waals surface area contributed by atoms with Crippen molar-refractivity contribution < 1.29 is 9.15 Å². The van der Waals surface area contributed by atoms with Crippen LogP contribution in [0.2, 0.25) is 0 Å². The molecule has 4 heteroatoms. The van der Waals surface area contributed by atoms with Crippen molar-refractivity contribution in [1.82, 2.24) is 4.98 Å². The third kappa shape index (κ3) is 3.34. The lowest BCUT2D eigenvalue weighted by Crippen LogP contribution is -1.96. The SMILES string of the molecule is CC(C)c1ccc(OCc2coc(-c3cccs3)n2)cc1. The van der Waals surface area contributed by atoms with Crippen molar-refractivity contribution in [2.24, 2.45) is 0 Å². The summed E-state index contributed by atoms with van der Waals surface area (Å²) in [7, 11) is 0. The summed E-state index contributed by atoms with van der Waals surface area (Å²) in [6.07, 6.45) is 1.65. The van der Waals surface area contributed by atoms with Crippen molar-refractivity contribution in [3.8, 4) is 16.5 Å². The first-order valence-corrected chi connectivity index (χ1v) is 7.81. The van der Waals surface area contributed by atoms with Crippen LogP contribution in [0, 0.1) is 0 Å². The molecule has 0 radical (unpaired) electrons. The van der Waals surface area contributed by atoms with Gasteiger partial charge in [-0.05, 0) is 35.1 Å². The molecule has 21 heavy (non-hydrogen) atoms. The third-order valence-electron chi connectivity index (χ3n) is 3.22. The van der Waals surface area contributed by atoms with Crippen LogP contribution in [0.5, 0.6) is 5.75 Å². The second-order valence-corrected chi connectivity index (χ2v) is 6.08. The molecule has 0 spiro atoms. The Balaban J connectivity index is 1.62. The molecule has 0 fully saturated rings. The minimum absolute atomic E-state index is 0.413. The number of nitrogens with zero attached hydrogens (tertiary/aromatic N) is 1. The van der Waals surface area contributed by atoms with Gasteiger partial charge in [0.05, 0.1) is 4.88 Å². The molecule has 0 unspecified atom stereocenters. The fraction of sp³-hybridized carbons (Fsp3) is 0.235. The maximum Gasteiger partial charge on any atom is 0.236 e. The van der Waals surface area contributed by atoms with Crippen LogP contribution in [0.4, 0.5) is 0 Å². The van der Waals surface area contributed by atoms with Gasteiger partial charge < -0.3 is 9.15 Å². The number of oxazole rings is 1. The van der Waals surface area contributed by atoms with Crippen molar-refractivity contribution in [3.05, 3.63) is 59.3 Å². The topological polar surface area (TPSA) is 35.3 Å². The molecule has 0 atom stereocenters. The van der Waals surface area contributed by atoms with Gasteiger partial charge in [-0.1, -0.05) is 32.0 Å². The van der Waals surface area contributed by atoms with Crippen LogP contribution in [-0.4, -0.2) is 4.98 Å². The molecule has 2 heterocycles.